The van der Waals surface area contributed by atoms with Crippen LogP contribution in [-0.4, -0.2) is 31.6 Å². The van der Waals surface area contributed by atoms with Gasteiger partial charge in [0, 0.05) is 13.1 Å². The van der Waals surface area contributed by atoms with E-state index in [0.29, 0.717) is 0 Å². The van der Waals surface area contributed by atoms with Crippen molar-refractivity contribution in [3.05, 3.63) is 35.4 Å². The Morgan fingerprint density at radius 3 is 2.56 bits per heavy atom. The monoisotopic (exact) mass is 268 g/mol. The van der Waals surface area contributed by atoms with Gasteiger partial charge in [0.05, 0.1) is 0 Å². The molecule has 102 valence electrons. The van der Waals surface area contributed by atoms with Gasteiger partial charge < -0.3 is 10.2 Å². The fraction of sp³-hybridized carbons (Fsp3) is 0.600. The van der Waals surface area contributed by atoms with Crippen LogP contribution in [0, 0.1) is 12.8 Å². The first kappa shape index (κ1) is 15.5. The Kier molecular flexibility index (Phi) is 6.69. The van der Waals surface area contributed by atoms with Crippen molar-refractivity contribution >= 4 is 12.4 Å². The predicted molar refractivity (Wildman–Crippen MR) is 80.4 cm³/mol. The van der Waals surface area contributed by atoms with Gasteiger partial charge in [-0.2, -0.15) is 0 Å². The van der Waals surface area contributed by atoms with Crippen molar-refractivity contribution in [3.63, 3.8) is 0 Å². The number of halogens is 1. The molecule has 0 saturated carbocycles. The van der Waals surface area contributed by atoms with Gasteiger partial charge in [0.15, 0.2) is 0 Å². The largest absolute Gasteiger partial charge is 0.317 e. The average Bonchev–Trinajstić information content (AvgIpc) is 2.33. The molecule has 2 nitrogen and oxygen atoms in total. The van der Waals surface area contributed by atoms with E-state index in [-0.39, 0.29) is 12.4 Å². The van der Waals surface area contributed by atoms with Crippen molar-refractivity contribution in [3.8, 4) is 0 Å². The summed E-state index contributed by atoms with van der Waals surface area (Å²) >= 11 is 0. The van der Waals surface area contributed by atoms with Gasteiger partial charge in [0.2, 0.25) is 0 Å². The molecule has 1 aromatic rings. The van der Waals surface area contributed by atoms with E-state index in [4.69, 9.17) is 0 Å². The molecule has 0 aromatic heterocycles. The summed E-state index contributed by atoms with van der Waals surface area (Å²) in [6.45, 7) is 6.91. The second-order valence-corrected chi connectivity index (χ2v) is 5.32. The molecule has 2 rings (SSSR count). The molecule has 1 aromatic carbocycles. The standard InChI is InChI=1S/C15H24N2.ClH/c1-13-5-3-4-6-15(13)12-17(2)11-14-7-9-16-10-8-14;/h3-6,14,16H,7-12H2,1-2H3;1H. The van der Waals surface area contributed by atoms with Crippen LogP contribution in [0.2, 0.25) is 0 Å². The third-order valence-corrected chi connectivity index (χ3v) is 3.73. The number of nitrogens with one attached hydrogen (secondary N) is 1. The lowest BCUT2D eigenvalue weighted by atomic mass is 9.97. The summed E-state index contributed by atoms with van der Waals surface area (Å²) < 4.78 is 0. The van der Waals surface area contributed by atoms with Crippen molar-refractivity contribution in [1.29, 1.82) is 0 Å². The third kappa shape index (κ3) is 4.60. The first-order valence-corrected chi connectivity index (χ1v) is 6.69. The highest BCUT2D eigenvalue weighted by Crippen LogP contribution is 2.15. The summed E-state index contributed by atoms with van der Waals surface area (Å²) in [4.78, 5) is 2.47. The molecular weight excluding hydrogens is 244 g/mol. The molecule has 1 fully saturated rings. The molecule has 1 aliphatic heterocycles. The highest BCUT2D eigenvalue weighted by Gasteiger charge is 2.15. The molecule has 0 aliphatic carbocycles. The van der Waals surface area contributed by atoms with Crippen LogP contribution in [0.5, 0.6) is 0 Å². The van der Waals surface area contributed by atoms with E-state index >= 15 is 0 Å². The number of piperidine rings is 1. The van der Waals surface area contributed by atoms with Gasteiger partial charge in [0.1, 0.15) is 0 Å². The van der Waals surface area contributed by atoms with E-state index in [1.807, 2.05) is 0 Å². The Morgan fingerprint density at radius 2 is 1.89 bits per heavy atom. The maximum atomic E-state index is 3.43. The van der Waals surface area contributed by atoms with Gasteiger partial charge in [-0.25, -0.2) is 0 Å². The molecule has 0 spiro atoms. The van der Waals surface area contributed by atoms with Crippen LogP contribution < -0.4 is 5.32 Å². The zero-order valence-electron chi connectivity index (χ0n) is 11.5. The second kappa shape index (κ2) is 7.78. The van der Waals surface area contributed by atoms with E-state index in [0.717, 1.165) is 12.5 Å². The quantitative estimate of drug-likeness (QED) is 0.903. The lowest BCUT2D eigenvalue weighted by Crippen LogP contribution is -2.34. The van der Waals surface area contributed by atoms with Crippen molar-refractivity contribution in [2.24, 2.45) is 5.92 Å². The van der Waals surface area contributed by atoms with E-state index in [9.17, 15) is 0 Å². The first-order valence-electron chi connectivity index (χ1n) is 6.69. The lowest BCUT2D eigenvalue weighted by molar-refractivity contribution is 0.234. The predicted octanol–water partition coefficient (Wildman–Crippen LogP) is 2.85. The minimum Gasteiger partial charge on any atom is -0.317 e. The van der Waals surface area contributed by atoms with Gasteiger partial charge in [-0.15, -0.1) is 12.4 Å². The maximum Gasteiger partial charge on any atom is 0.0233 e. The van der Waals surface area contributed by atoms with Crippen LogP contribution in [0.4, 0.5) is 0 Å². The Labute approximate surface area is 117 Å². The molecular formula is C15H25ClN2. The van der Waals surface area contributed by atoms with E-state index in [2.05, 4.69) is 48.5 Å². The molecule has 1 heterocycles. The highest BCUT2D eigenvalue weighted by atomic mass is 35.5. The summed E-state index contributed by atoms with van der Waals surface area (Å²) in [5, 5.41) is 3.43. The van der Waals surface area contributed by atoms with Gasteiger partial charge in [-0.1, -0.05) is 24.3 Å². The Hall–Kier alpha value is -0.570. The van der Waals surface area contributed by atoms with Gasteiger partial charge >= 0.3 is 0 Å². The zero-order valence-corrected chi connectivity index (χ0v) is 12.3. The number of hydrogen-bond donors (Lipinski definition) is 1. The summed E-state index contributed by atoms with van der Waals surface area (Å²) in [6.07, 6.45) is 2.66. The topological polar surface area (TPSA) is 15.3 Å². The molecule has 0 atom stereocenters. The minimum absolute atomic E-state index is 0. The second-order valence-electron chi connectivity index (χ2n) is 5.32. The Bertz CT molecular complexity index is 348. The minimum atomic E-state index is 0. The molecule has 0 amide bonds. The number of hydrogen-bond acceptors (Lipinski definition) is 2. The van der Waals surface area contributed by atoms with Crippen LogP contribution in [0.25, 0.3) is 0 Å². The normalized spacial score (nSPS) is 16.6. The average molecular weight is 269 g/mol. The lowest BCUT2D eigenvalue weighted by Gasteiger charge is -2.27. The SMILES string of the molecule is Cc1ccccc1CN(C)CC1CCNCC1.Cl. The van der Waals surface area contributed by atoms with Crippen LogP contribution in [0.15, 0.2) is 24.3 Å². The van der Waals surface area contributed by atoms with E-state index in [1.165, 1.54) is 43.6 Å². The van der Waals surface area contributed by atoms with Crippen LogP contribution >= 0.6 is 12.4 Å². The van der Waals surface area contributed by atoms with E-state index < -0.39 is 0 Å². The summed E-state index contributed by atoms with van der Waals surface area (Å²) in [5.74, 6) is 0.880. The highest BCUT2D eigenvalue weighted by molar-refractivity contribution is 5.85. The van der Waals surface area contributed by atoms with Crippen molar-refractivity contribution in [1.82, 2.24) is 10.2 Å². The molecule has 0 bridgehead atoms. The number of nitrogens with zero attached hydrogens (tertiary/aromatic N) is 1. The summed E-state index contributed by atoms with van der Waals surface area (Å²) in [7, 11) is 2.24. The van der Waals surface area contributed by atoms with Crippen molar-refractivity contribution in [2.75, 3.05) is 26.7 Å². The summed E-state index contributed by atoms with van der Waals surface area (Å²) in [6, 6.07) is 8.70. The van der Waals surface area contributed by atoms with Gasteiger partial charge in [-0.3, -0.25) is 0 Å². The molecule has 0 radical (unpaired) electrons. The van der Waals surface area contributed by atoms with Crippen molar-refractivity contribution < 1.29 is 0 Å². The van der Waals surface area contributed by atoms with Gasteiger partial charge in [-0.05, 0) is 56.9 Å². The molecule has 1 N–H and O–H groups in total. The van der Waals surface area contributed by atoms with Crippen LogP contribution in [0.1, 0.15) is 24.0 Å². The third-order valence-electron chi connectivity index (χ3n) is 3.73. The Balaban J connectivity index is 0.00000162. The zero-order chi connectivity index (χ0) is 12.1. The van der Waals surface area contributed by atoms with Crippen LogP contribution in [-0.2, 0) is 6.54 Å². The molecule has 18 heavy (non-hydrogen) atoms. The fourth-order valence-electron chi connectivity index (χ4n) is 2.65. The first-order chi connectivity index (χ1) is 8.25. The van der Waals surface area contributed by atoms with Crippen molar-refractivity contribution in [2.45, 2.75) is 26.3 Å². The summed E-state index contributed by atoms with van der Waals surface area (Å²) in [5.41, 5.74) is 2.87. The smallest absolute Gasteiger partial charge is 0.0233 e. The fourth-order valence-corrected chi connectivity index (χ4v) is 2.65. The number of benzene rings is 1. The molecule has 3 heteroatoms. The molecule has 1 aliphatic rings. The molecule has 0 unspecified atom stereocenters. The van der Waals surface area contributed by atoms with E-state index in [1.54, 1.807) is 0 Å². The van der Waals surface area contributed by atoms with Crippen LogP contribution in [0.3, 0.4) is 0 Å². The number of rotatable bonds is 4. The van der Waals surface area contributed by atoms with Gasteiger partial charge in [0.25, 0.3) is 0 Å². The number of aryl methyl sites for hydroxylation is 1. The molecule has 1 saturated heterocycles. The Morgan fingerprint density at radius 1 is 1.22 bits per heavy atom. The maximum absolute atomic E-state index is 3.43.